The molecule has 106 valence electrons. The van der Waals surface area contributed by atoms with Gasteiger partial charge in [0.05, 0.1) is 12.3 Å². The lowest BCUT2D eigenvalue weighted by atomic mass is 10.1. The molecule has 1 unspecified atom stereocenters. The van der Waals surface area contributed by atoms with Gasteiger partial charge in [0.1, 0.15) is 11.5 Å². The number of ether oxygens (including phenoxy) is 1. The van der Waals surface area contributed by atoms with Gasteiger partial charge in [-0.05, 0) is 44.5 Å². The Hall–Kier alpha value is -2.23. The Morgan fingerprint density at radius 1 is 1.35 bits per heavy atom. The molecule has 1 aromatic carbocycles. The molecule has 1 aromatic heterocycles. The van der Waals surface area contributed by atoms with Gasteiger partial charge < -0.3 is 14.5 Å². The standard InChI is InChI=1S/C16H19NO3/c1-11-6-7-14(12(2)9-11)20-10-16(18)17-13(3)15-5-4-8-19-15/h4-9,13H,10H2,1-3H3,(H,17,18). The highest BCUT2D eigenvalue weighted by atomic mass is 16.5. The predicted molar refractivity (Wildman–Crippen MR) is 76.7 cm³/mol. The molecule has 2 rings (SSSR count). The summed E-state index contributed by atoms with van der Waals surface area (Å²) in [7, 11) is 0. The maximum atomic E-state index is 11.8. The van der Waals surface area contributed by atoms with Gasteiger partial charge >= 0.3 is 0 Å². The number of carbonyl (C=O) groups is 1. The third-order valence-electron chi connectivity index (χ3n) is 3.04. The van der Waals surface area contributed by atoms with Gasteiger partial charge in [-0.25, -0.2) is 0 Å². The van der Waals surface area contributed by atoms with E-state index in [2.05, 4.69) is 5.32 Å². The van der Waals surface area contributed by atoms with Crippen molar-refractivity contribution in [3.05, 3.63) is 53.5 Å². The summed E-state index contributed by atoms with van der Waals surface area (Å²) in [5, 5.41) is 2.83. The molecule has 1 N–H and O–H groups in total. The summed E-state index contributed by atoms with van der Waals surface area (Å²) in [6, 6.07) is 9.33. The fourth-order valence-electron chi connectivity index (χ4n) is 2.00. The molecule has 4 heteroatoms. The van der Waals surface area contributed by atoms with E-state index in [-0.39, 0.29) is 18.6 Å². The number of hydrogen-bond donors (Lipinski definition) is 1. The van der Waals surface area contributed by atoms with Crippen molar-refractivity contribution >= 4 is 5.91 Å². The van der Waals surface area contributed by atoms with Crippen LogP contribution in [-0.2, 0) is 4.79 Å². The van der Waals surface area contributed by atoms with E-state index in [0.29, 0.717) is 0 Å². The van der Waals surface area contributed by atoms with Crippen LogP contribution < -0.4 is 10.1 Å². The summed E-state index contributed by atoms with van der Waals surface area (Å²) in [6.45, 7) is 5.85. The maximum Gasteiger partial charge on any atom is 0.258 e. The van der Waals surface area contributed by atoms with Crippen molar-refractivity contribution in [3.63, 3.8) is 0 Å². The van der Waals surface area contributed by atoms with Crippen molar-refractivity contribution in [2.75, 3.05) is 6.61 Å². The lowest BCUT2D eigenvalue weighted by molar-refractivity contribution is -0.123. The lowest BCUT2D eigenvalue weighted by Crippen LogP contribution is -2.31. The number of aryl methyl sites for hydroxylation is 2. The monoisotopic (exact) mass is 273 g/mol. The quantitative estimate of drug-likeness (QED) is 0.910. The molecule has 20 heavy (non-hydrogen) atoms. The highest BCUT2D eigenvalue weighted by Gasteiger charge is 2.12. The number of furan rings is 1. The minimum atomic E-state index is -0.172. The molecule has 1 atom stereocenters. The molecule has 1 amide bonds. The highest BCUT2D eigenvalue weighted by Crippen LogP contribution is 2.18. The van der Waals surface area contributed by atoms with Crippen LogP contribution in [0.4, 0.5) is 0 Å². The molecule has 0 aliphatic carbocycles. The van der Waals surface area contributed by atoms with Gasteiger partial charge in [-0.2, -0.15) is 0 Å². The van der Waals surface area contributed by atoms with Crippen LogP contribution in [-0.4, -0.2) is 12.5 Å². The summed E-state index contributed by atoms with van der Waals surface area (Å²) < 4.78 is 10.8. The summed E-state index contributed by atoms with van der Waals surface area (Å²) in [6.07, 6.45) is 1.59. The second-order valence-electron chi connectivity index (χ2n) is 4.86. The van der Waals surface area contributed by atoms with E-state index in [1.807, 2.05) is 45.0 Å². The van der Waals surface area contributed by atoms with Crippen LogP contribution in [0.3, 0.4) is 0 Å². The Labute approximate surface area is 118 Å². The minimum Gasteiger partial charge on any atom is -0.484 e. The third kappa shape index (κ3) is 3.63. The number of carbonyl (C=O) groups excluding carboxylic acids is 1. The van der Waals surface area contributed by atoms with Gasteiger partial charge in [0.2, 0.25) is 0 Å². The van der Waals surface area contributed by atoms with Gasteiger partial charge in [-0.1, -0.05) is 17.7 Å². The molecule has 0 bridgehead atoms. The van der Waals surface area contributed by atoms with E-state index in [1.54, 1.807) is 12.3 Å². The lowest BCUT2D eigenvalue weighted by Gasteiger charge is -2.13. The Morgan fingerprint density at radius 3 is 2.80 bits per heavy atom. The van der Waals surface area contributed by atoms with Gasteiger partial charge in [0, 0.05) is 0 Å². The van der Waals surface area contributed by atoms with Crippen molar-refractivity contribution in [1.82, 2.24) is 5.32 Å². The Bertz CT molecular complexity index is 575. The number of nitrogens with one attached hydrogen (secondary N) is 1. The van der Waals surface area contributed by atoms with Gasteiger partial charge in [0.25, 0.3) is 5.91 Å². The second kappa shape index (κ2) is 6.28. The largest absolute Gasteiger partial charge is 0.484 e. The molecule has 0 radical (unpaired) electrons. The molecule has 0 saturated heterocycles. The number of benzene rings is 1. The first kappa shape index (κ1) is 14.2. The van der Waals surface area contributed by atoms with Crippen molar-refractivity contribution in [1.29, 1.82) is 0 Å². The molecule has 0 fully saturated rings. The second-order valence-corrected chi connectivity index (χ2v) is 4.86. The summed E-state index contributed by atoms with van der Waals surface area (Å²) >= 11 is 0. The zero-order chi connectivity index (χ0) is 14.5. The van der Waals surface area contributed by atoms with Gasteiger partial charge in [0.15, 0.2) is 6.61 Å². The van der Waals surface area contributed by atoms with Crippen molar-refractivity contribution < 1.29 is 13.9 Å². The van der Waals surface area contributed by atoms with Crippen LogP contribution in [0, 0.1) is 13.8 Å². The topological polar surface area (TPSA) is 51.5 Å². The molecule has 0 spiro atoms. The number of hydrogen-bond acceptors (Lipinski definition) is 3. The van der Waals surface area contributed by atoms with E-state index in [9.17, 15) is 4.79 Å². The summed E-state index contributed by atoms with van der Waals surface area (Å²) in [4.78, 5) is 11.8. The fourth-order valence-corrected chi connectivity index (χ4v) is 2.00. The van der Waals surface area contributed by atoms with Crippen molar-refractivity contribution in [3.8, 4) is 5.75 Å². The molecular formula is C16H19NO3. The molecule has 2 aromatic rings. The summed E-state index contributed by atoms with van der Waals surface area (Å²) in [5.74, 6) is 1.29. The summed E-state index contributed by atoms with van der Waals surface area (Å²) in [5.41, 5.74) is 2.20. The van der Waals surface area contributed by atoms with Crippen LogP contribution in [0.25, 0.3) is 0 Å². The SMILES string of the molecule is Cc1ccc(OCC(=O)NC(C)c2ccco2)c(C)c1. The van der Waals surface area contributed by atoms with Crippen LogP contribution in [0.5, 0.6) is 5.75 Å². The molecule has 4 nitrogen and oxygen atoms in total. The predicted octanol–water partition coefficient (Wildman–Crippen LogP) is 3.15. The first-order valence-electron chi connectivity index (χ1n) is 6.59. The van der Waals surface area contributed by atoms with Crippen molar-refractivity contribution in [2.24, 2.45) is 0 Å². The minimum absolute atomic E-state index is 0.00501. The van der Waals surface area contributed by atoms with Crippen LogP contribution >= 0.6 is 0 Å². The van der Waals surface area contributed by atoms with E-state index in [1.165, 1.54) is 5.56 Å². The normalized spacial score (nSPS) is 11.9. The van der Waals surface area contributed by atoms with Crippen LogP contribution in [0.15, 0.2) is 41.0 Å². The zero-order valence-electron chi connectivity index (χ0n) is 12.0. The van der Waals surface area contributed by atoms with E-state index < -0.39 is 0 Å². The third-order valence-corrected chi connectivity index (χ3v) is 3.04. The average molecular weight is 273 g/mol. The number of rotatable bonds is 5. The van der Waals surface area contributed by atoms with Crippen LogP contribution in [0.2, 0.25) is 0 Å². The Balaban J connectivity index is 1.86. The Morgan fingerprint density at radius 2 is 2.15 bits per heavy atom. The average Bonchev–Trinajstić information content (AvgIpc) is 2.91. The molecule has 1 heterocycles. The highest BCUT2D eigenvalue weighted by molar-refractivity contribution is 5.77. The number of amides is 1. The molecule has 0 aliphatic heterocycles. The van der Waals surface area contributed by atoms with E-state index in [0.717, 1.165) is 17.1 Å². The first-order valence-corrected chi connectivity index (χ1v) is 6.59. The fraction of sp³-hybridized carbons (Fsp3) is 0.312. The van der Waals surface area contributed by atoms with Crippen LogP contribution in [0.1, 0.15) is 29.9 Å². The maximum absolute atomic E-state index is 11.8. The van der Waals surface area contributed by atoms with Crippen molar-refractivity contribution in [2.45, 2.75) is 26.8 Å². The Kier molecular flexibility index (Phi) is 4.45. The van der Waals surface area contributed by atoms with E-state index in [4.69, 9.17) is 9.15 Å². The molecule has 0 saturated carbocycles. The smallest absolute Gasteiger partial charge is 0.258 e. The first-order chi connectivity index (χ1) is 9.56. The van der Waals surface area contributed by atoms with Gasteiger partial charge in [-0.15, -0.1) is 0 Å². The molecule has 0 aliphatic rings. The zero-order valence-corrected chi connectivity index (χ0v) is 12.0. The van der Waals surface area contributed by atoms with E-state index >= 15 is 0 Å². The van der Waals surface area contributed by atoms with Gasteiger partial charge in [-0.3, -0.25) is 4.79 Å². The molecular weight excluding hydrogens is 254 g/mol.